The minimum Gasteiger partial charge on any atom is -0.326 e. The van der Waals surface area contributed by atoms with Gasteiger partial charge < -0.3 is 5.32 Å². The van der Waals surface area contributed by atoms with E-state index in [0.29, 0.717) is 21.6 Å². The molecule has 0 unspecified atom stereocenters. The topological polar surface area (TPSA) is 73.1 Å². The Hall–Kier alpha value is -4.42. The summed E-state index contributed by atoms with van der Waals surface area (Å²) in [4.78, 5) is 39.5. The number of halogens is 1. The second kappa shape index (κ2) is 10.3. The summed E-state index contributed by atoms with van der Waals surface area (Å²) in [7, 11) is 0. The van der Waals surface area contributed by atoms with Crippen LogP contribution >= 0.6 is 11.6 Å². The van der Waals surface area contributed by atoms with Crippen molar-refractivity contribution in [2.75, 3.05) is 5.32 Å². The van der Waals surface area contributed by atoms with Gasteiger partial charge in [0.15, 0.2) is 0 Å². The third-order valence-corrected chi connectivity index (χ3v) is 6.42. The van der Waals surface area contributed by atoms with Gasteiger partial charge in [-0.05, 0) is 72.1 Å². The molecule has 0 aliphatic carbocycles. The Morgan fingerprint density at radius 3 is 2.27 bits per heavy atom. The molecule has 1 N–H and O–H groups in total. The molecule has 0 fully saturated rings. The summed E-state index contributed by atoms with van der Waals surface area (Å²) in [6.07, 6.45) is 0.168. The van der Waals surface area contributed by atoms with Crippen molar-refractivity contribution in [3.63, 3.8) is 0 Å². The van der Waals surface area contributed by atoms with Gasteiger partial charge in [0.1, 0.15) is 0 Å². The smallest absolute Gasteiger partial charge is 0.326 e. The van der Waals surface area contributed by atoms with Crippen LogP contribution < -0.4 is 16.6 Å². The zero-order valence-electron chi connectivity index (χ0n) is 20.1. The molecular weight excluding hydrogens is 486 g/mol. The van der Waals surface area contributed by atoms with Crippen LogP contribution in [0.2, 0.25) is 5.02 Å². The molecule has 0 spiro atoms. The number of rotatable bonds is 6. The lowest BCUT2D eigenvalue weighted by Gasteiger charge is -2.15. The number of aryl methyl sites for hydroxylation is 1. The predicted molar refractivity (Wildman–Crippen MR) is 148 cm³/mol. The van der Waals surface area contributed by atoms with Crippen molar-refractivity contribution in [2.24, 2.45) is 0 Å². The number of fused-ring (bicyclic) bond motifs is 1. The van der Waals surface area contributed by atoms with Crippen LogP contribution in [0.15, 0.2) is 107 Å². The minimum absolute atomic E-state index is 0.147. The van der Waals surface area contributed by atoms with Crippen LogP contribution in [0, 0.1) is 6.92 Å². The quantitative estimate of drug-likeness (QED) is 0.335. The highest BCUT2D eigenvalue weighted by Crippen LogP contribution is 2.16. The lowest BCUT2D eigenvalue weighted by molar-refractivity contribution is -0.115. The number of nitrogens with zero attached hydrogens (tertiary/aromatic N) is 2. The molecule has 5 aromatic rings. The van der Waals surface area contributed by atoms with Crippen molar-refractivity contribution in [1.29, 1.82) is 0 Å². The molecule has 0 bridgehead atoms. The van der Waals surface area contributed by atoms with E-state index in [-0.39, 0.29) is 18.9 Å². The van der Waals surface area contributed by atoms with Gasteiger partial charge in [0.2, 0.25) is 5.91 Å². The van der Waals surface area contributed by atoms with E-state index < -0.39 is 11.2 Å². The van der Waals surface area contributed by atoms with Crippen molar-refractivity contribution >= 4 is 34.1 Å². The van der Waals surface area contributed by atoms with Crippen molar-refractivity contribution < 1.29 is 4.79 Å². The Balaban J connectivity index is 1.47. The Bertz CT molecular complexity index is 1720. The fourth-order valence-electron chi connectivity index (χ4n) is 4.35. The van der Waals surface area contributed by atoms with Crippen molar-refractivity contribution in [3.8, 4) is 5.69 Å². The standard InChI is InChI=1S/C30H24ClN3O3/c1-20-5-4-6-24(17-20)32-28(35)18-21-11-15-25(16-12-21)34-29(36)26-7-2-3-8-27(26)33(30(34)37)19-22-9-13-23(31)14-10-22/h2-17H,18-19H2,1H3,(H,32,35). The highest BCUT2D eigenvalue weighted by Gasteiger charge is 2.15. The average Bonchev–Trinajstić information content (AvgIpc) is 2.89. The zero-order valence-corrected chi connectivity index (χ0v) is 20.9. The molecule has 7 heteroatoms. The number of hydrogen-bond donors (Lipinski definition) is 1. The number of benzene rings is 4. The Morgan fingerprint density at radius 1 is 0.838 bits per heavy atom. The molecule has 4 aromatic carbocycles. The number of carbonyl (C=O) groups is 1. The van der Waals surface area contributed by atoms with Crippen LogP contribution in [0.25, 0.3) is 16.6 Å². The molecular formula is C30H24ClN3O3. The first-order valence-electron chi connectivity index (χ1n) is 11.8. The Labute approximate surface area is 218 Å². The van der Waals surface area contributed by atoms with Crippen LogP contribution in [-0.4, -0.2) is 15.0 Å². The number of anilines is 1. The van der Waals surface area contributed by atoms with Crippen molar-refractivity contribution in [2.45, 2.75) is 19.9 Å². The molecule has 6 nitrogen and oxygen atoms in total. The molecule has 184 valence electrons. The van der Waals surface area contributed by atoms with Gasteiger partial charge >= 0.3 is 5.69 Å². The minimum atomic E-state index is -0.441. The van der Waals surface area contributed by atoms with Crippen LogP contribution in [0.3, 0.4) is 0 Å². The van der Waals surface area contributed by atoms with Gasteiger partial charge in [-0.3, -0.25) is 14.2 Å². The van der Waals surface area contributed by atoms with E-state index >= 15 is 0 Å². The molecule has 0 saturated carbocycles. The van der Waals surface area contributed by atoms with E-state index in [1.807, 2.05) is 43.3 Å². The van der Waals surface area contributed by atoms with E-state index in [2.05, 4.69) is 5.32 Å². The number of hydrogen-bond acceptors (Lipinski definition) is 3. The third kappa shape index (κ3) is 5.25. The van der Waals surface area contributed by atoms with Crippen LogP contribution in [-0.2, 0) is 17.8 Å². The van der Waals surface area contributed by atoms with E-state index in [9.17, 15) is 14.4 Å². The van der Waals surface area contributed by atoms with Crippen LogP contribution in [0.1, 0.15) is 16.7 Å². The van der Waals surface area contributed by atoms with Crippen LogP contribution in [0.5, 0.6) is 0 Å². The maximum Gasteiger partial charge on any atom is 0.336 e. The molecule has 5 rings (SSSR count). The van der Waals surface area contributed by atoms with Gasteiger partial charge in [-0.25, -0.2) is 9.36 Å². The van der Waals surface area contributed by atoms with Gasteiger partial charge in [-0.2, -0.15) is 0 Å². The number of nitrogens with one attached hydrogen (secondary N) is 1. The summed E-state index contributed by atoms with van der Waals surface area (Å²) in [6, 6.07) is 28.8. The molecule has 0 saturated heterocycles. The maximum absolute atomic E-state index is 13.6. The number of aromatic nitrogens is 2. The lowest BCUT2D eigenvalue weighted by atomic mass is 10.1. The number of carbonyl (C=O) groups excluding carboxylic acids is 1. The molecule has 0 aliphatic heterocycles. The fraction of sp³-hybridized carbons (Fsp3) is 0.100. The molecule has 1 heterocycles. The maximum atomic E-state index is 13.6. The Kier molecular flexibility index (Phi) is 6.75. The van der Waals surface area contributed by atoms with Crippen molar-refractivity contribution in [3.05, 3.63) is 140 Å². The molecule has 1 aromatic heterocycles. The van der Waals surface area contributed by atoms with E-state index in [4.69, 9.17) is 11.6 Å². The number of para-hydroxylation sites is 1. The largest absolute Gasteiger partial charge is 0.336 e. The average molecular weight is 510 g/mol. The molecule has 37 heavy (non-hydrogen) atoms. The van der Waals surface area contributed by atoms with Gasteiger partial charge in [0.05, 0.1) is 29.6 Å². The first-order valence-corrected chi connectivity index (χ1v) is 12.2. The van der Waals surface area contributed by atoms with Gasteiger partial charge in [-0.15, -0.1) is 0 Å². The lowest BCUT2D eigenvalue weighted by Crippen LogP contribution is -2.39. The van der Waals surface area contributed by atoms with Gasteiger partial charge in [0.25, 0.3) is 5.56 Å². The molecule has 0 aliphatic rings. The van der Waals surface area contributed by atoms with Crippen molar-refractivity contribution in [1.82, 2.24) is 9.13 Å². The molecule has 1 amide bonds. The predicted octanol–water partition coefficient (Wildman–Crippen LogP) is 5.34. The summed E-state index contributed by atoms with van der Waals surface area (Å²) >= 11 is 6.02. The monoisotopic (exact) mass is 509 g/mol. The molecule has 0 radical (unpaired) electrons. The summed E-state index contributed by atoms with van der Waals surface area (Å²) in [5.74, 6) is -0.147. The summed E-state index contributed by atoms with van der Waals surface area (Å²) < 4.78 is 2.76. The van der Waals surface area contributed by atoms with Gasteiger partial charge in [-0.1, -0.05) is 60.1 Å². The summed E-state index contributed by atoms with van der Waals surface area (Å²) in [5, 5.41) is 3.95. The second-order valence-electron chi connectivity index (χ2n) is 8.91. The summed E-state index contributed by atoms with van der Waals surface area (Å²) in [6.45, 7) is 2.25. The highest BCUT2D eigenvalue weighted by atomic mass is 35.5. The van der Waals surface area contributed by atoms with E-state index in [0.717, 1.165) is 22.4 Å². The van der Waals surface area contributed by atoms with Gasteiger partial charge in [0, 0.05) is 10.7 Å². The highest BCUT2D eigenvalue weighted by molar-refractivity contribution is 6.30. The molecule has 0 atom stereocenters. The van der Waals surface area contributed by atoms with E-state index in [1.54, 1.807) is 65.2 Å². The summed E-state index contributed by atoms with van der Waals surface area (Å²) in [5.41, 5.74) is 3.62. The second-order valence-corrected chi connectivity index (χ2v) is 9.35. The third-order valence-electron chi connectivity index (χ3n) is 6.17. The fourth-order valence-corrected chi connectivity index (χ4v) is 4.48. The van der Waals surface area contributed by atoms with E-state index in [1.165, 1.54) is 4.57 Å². The normalized spacial score (nSPS) is 11.0. The van der Waals surface area contributed by atoms with Crippen LogP contribution in [0.4, 0.5) is 5.69 Å². The zero-order chi connectivity index (χ0) is 25.9. The first kappa shape index (κ1) is 24.3. The number of amides is 1. The first-order chi connectivity index (χ1) is 17.9. The SMILES string of the molecule is Cc1cccc(NC(=O)Cc2ccc(-n3c(=O)c4ccccc4n(Cc4ccc(Cl)cc4)c3=O)cc2)c1. The Morgan fingerprint density at radius 2 is 1.54 bits per heavy atom.